The Balaban J connectivity index is 4.10. The number of carbonyl (C=O) groups excluding carboxylic acids is 2. The molecular formula is C11H20O4. The lowest BCUT2D eigenvalue weighted by Crippen LogP contribution is -2.28. The molecule has 1 atom stereocenters. The number of rotatable bonds is 6. The number of ether oxygens (including phenoxy) is 2. The first-order valence-corrected chi connectivity index (χ1v) is 4.97. The summed E-state index contributed by atoms with van der Waals surface area (Å²) in [5.74, 6) is -0.714. The molecule has 0 aromatic heterocycles. The number of carbonyl (C=O) groups is 2. The molecule has 4 nitrogen and oxygen atoms in total. The Morgan fingerprint density at radius 1 is 1.27 bits per heavy atom. The third-order valence-corrected chi connectivity index (χ3v) is 2.31. The van der Waals surface area contributed by atoms with E-state index in [0.717, 1.165) is 0 Å². The number of methoxy groups -OCH3 is 2. The molecule has 0 saturated heterocycles. The van der Waals surface area contributed by atoms with E-state index in [2.05, 4.69) is 4.74 Å². The van der Waals surface area contributed by atoms with Gasteiger partial charge >= 0.3 is 5.97 Å². The normalized spacial score (nSPS) is 13.4. The third-order valence-electron chi connectivity index (χ3n) is 2.31. The highest BCUT2D eigenvalue weighted by atomic mass is 16.5. The van der Waals surface area contributed by atoms with Crippen molar-refractivity contribution in [3.63, 3.8) is 0 Å². The number of hydrogen-bond acceptors (Lipinski definition) is 4. The van der Waals surface area contributed by atoms with Crippen LogP contribution in [-0.2, 0) is 19.1 Å². The van der Waals surface area contributed by atoms with Gasteiger partial charge in [-0.25, -0.2) is 0 Å². The van der Waals surface area contributed by atoms with Gasteiger partial charge in [-0.2, -0.15) is 0 Å². The van der Waals surface area contributed by atoms with Crippen LogP contribution < -0.4 is 0 Å². The maximum absolute atomic E-state index is 11.6. The number of esters is 1. The summed E-state index contributed by atoms with van der Waals surface area (Å²) >= 11 is 0. The average molecular weight is 216 g/mol. The molecule has 88 valence electrons. The molecule has 0 radical (unpaired) electrons. The number of hydrogen-bond donors (Lipinski definition) is 0. The Morgan fingerprint density at radius 2 is 1.80 bits per heavy atom. The molecule has 0 aliphatic rings. The molecule has 0 fully saturated rings. The van der Waals surface area contributed by atoms with Crippen LogP contribution in [0.5, 0.6) is 0 Å². The Hall–Kier alpha value is -0.900. The van der Waals surface area contributed by atoms with Gasteiger partial charge in [-0.05, 0) is 13.8 Å². The minimum atomic E-state index is -0.465. The van der Waals surface area contributed by atoms with Gasteiger partial charge in [-0.1, -0.05) is 6.92 Å². The maximum Gasteiger partial charge on any atom is 0.308 e. The van der Waals surface area contributed by atoms with Crippen LogP contribution in [0.3, 0.4) is 0 Å². The molecule has 1 unspecified atom stereocenters. The summed E-state index contributed by atoms with van der Waals surface area (Å²) in [5, 5.41) is 0. The van der Waals surface area contributed by atoms with Crippen LogP contribution in [-0.4, -0.2) is 31.6 Å². The van der Waals surface area contributed by atoms with Crippen molar-refractivity contribution in [3.8, 4) is 0 Å². The van der Waals surface area contributed by atoms with Gasteiger partial charge in [-0.15, -0.1) is 0 Å². The van der Waals surface area contributed by atoms with Crippen molar-refractivity contribution in [3.05, 3.63) is 0 Å². The van der Waals surface area contributed by atoms with Crippen LogP contribution in [0.4, 0.5) is 0 Å². The molecule has 0 N–H and O–H groups in total. The van der Waals surface area contributed by atoms with Crippen LogP contribution >= 0.6 is 0 Å². The van der Waals surface area contributed by atoms with Crippen LogP contribution in [0.1, 0.15) is 33.6 Å². The van der Waals surface area contributed by atoms with E-state index in [-0.39, 0.29) is 24.1 Å². The van der Waals surface area contributed by atoms with E-state index < -0.39 is 5.60 Å². The molecule has 0 rings (SSSR count). The zero-order valence-electron chi connectivity index (χ0n) is 10.1. The topological polar surface area (TPSA) is 52.6 Å². The highest BCUT2D eigenvalue weighted by Crippen LogP contribution is 2.16. The Kier molecular flexibility index (Phi) is 5.50. The molecule has 0 aromatic rings. The first-order valence-electron chi connectivity index (χ1n) is 4.97. The van der Waals surface area contributed by atoms with Gasteiger partial charge in [0.05, 0.1) is 18.6 Å². The van der Waals surface area contributed by atoms with Crippen molar-refractivity contribution in [2.75, 3.05) is 14.2 Å². The van der Waals surface area contributed by atoms with E-state index in [4.69, 9.17) is 4.74 Å². The quantitative estimate of drug-likeness (QED) is 0.632. The first kappa shape index (κ1) is 14.1. The molecule has 0 spiro atoms. The van der Waals surface area contributed by atoms with Gasteiger partial charge in [0.1, 0.15) is 5.78 Å². The van der Waals surface area contributed by atoms with Crippen molar-refractivity contribution in [2.45, 2.75) is 39.2 Å². The lowest BCUT2D eigenvalue weighted by atomic mass is 9.95. The Morgan fingerprint density at radius 3 is 2.20 bits per heavy atom. The fourth-order valence-electron chi connectivity index (χ4n) is 1.25. The van der Waals surface area contributed by atoms with Crippen molar-refractivity contribution in [2.24, 2.45) is 5.92 Å². The SMILES string of the molecule is COC(=O)C(C)CC(=O)CC(C)(C)OC. The van der Waals surface area contributed by atoms with E-state index in [0.29, 0.717) is 6.42 Å². The second-order valence-electron chi connectivity index (χ2n) is 4.31. The predicted molar refractivity (Wildman–Crippen MR) is 56.5 cm³/mol. The monoisotopic (exact) mass is 216 g/mol. The Labute approximate surface area is 90.9 Å². The van der Waals surface area contributed by atoms with Crippen LogP contribution in [0.2, 0.25) is 0 Å². The summed E-state index contributed by atoms with van der Waals surface area (Å²) in [5.41, 5.74) is -0.465. The molecule has 15 heavy (non-hydrogen) atoms. The molecular weight excluding hydrogens is 196 g/mol. The van der Waals surface area contributed by atoms with E-state index in [1.165, 1.54) is 7.11 Å². The minimum absolute atomic E-state index is 0.0137. The fraction of sp³-hybridized carbons (Fsp3) is 0.818. The second-order valence-corrected chi connectivity index (χ2v) is 4.31. The van der Waals surface area contributed by atoms with Crippen molar-refractivity contribution in [1.82, 2.24) is 0 Å². The average Bonchev–Trinajstić information content (AvgIpc) is 2.15. The lowest BCUT2D eigenvalue weighted by molar-refractivity contribution is -0.147. The maximum atomic E-state index is 11.6. The van der Waals surface area contributed by atoms with Gasteiger partial charge in [0.15, 0.2) is 0 Å². The lowest BCUT2D eigenvalue weighted by Gasteiger charge is -2.22. The summed E-state index contributed by atoms with van der Waals surface area (Å²) in [6.07, 6.45) is 0.518. The van der Waals surface area contributed by atoms with Crippen molar-refractivity contribution >= 4 is 11.8 Å². The Bertz CT molecular complexity index is 233. The summed E-state index contributed by atoms with van der Waals surface area (Å²) in [7, 11) is 2.89. The van der Waals surface area contributed by atoms with E-state index >= 15 is 0 Å². The molecule has 0 bridgehead atoms. The van der Waals surface area contributed by atoms with Gasteiger partial charge in [0.2, 0.25) is 0 Å². The second kappa shape index (κ2) is 5.85. The molecule has 0 aromatic carbocycles. The zero-order chi connectivity index (χ0) is 12.1. The zero-order valence-corrected chi connectivity index (χ0v) is 10.1. The number of ketones is 1. The third kappa shape index (κ3) is 5.52. The molecule has 0 heterocycles. The highest BCUT2D eigenvalue weighted by Gasteiger charge is 2.24. The molecule has 4 heteroatoms. The van der Waals surface area contributed by atoms with Gasteiger partial charge < -0.3 is 9.47 Å². The van der Waals surface area contributed by atoms with Crippen LogP contribution in [0, 0.1) is 5.92 Å². The number of Topliss-reactive ketones (excluding diaryl/α,β-unsaturated/α-hetero) is 1. The molecule has 0 amide bonds. The molecule has 0 aliphatic heterocycles. The van der Waals surface area contributed by atoms with Crippen LogP contribution in [0.15, 0.2) is 0 Å². The van der Waals surface area contributed by atoms with Gasteiger partial charge in [0.25, 0.3) is 0 Å². The van der Waals surface area contributed by atoms with Crippen molar-refractivity contribution in [1.29, 1.82) is 0 Å². The first-order chi connectivity index (χ1) is 6.82. The molecule has 0 aliphatic carbocycles. The fourth-order valence-corrected chi connectivity index (χ4v) is 1.25. The van der Waals surface area contributed by atoms with E-state index in [1.807, 2.05) is 13.8 Å². The highest BCUT2D eigenvalue weighted by molar-refractivity contribution is 5.84. The van der Waals surface area contributed by atoms with Crippen molar-refractivity contribution < 1.29 is 19.1 Å². The molecule has 0 saturated carbocycles. The van der Waals surface area contributed by atoms with E-state index in [1.54, 1.807) is 14.0 Å². The summed E-state index contributed by atoms with van der Waals surface area (Å²) in [6.45, 7) is 5.37. The predicted octanol–water partition coefficient (Wildman–Crippen LogP) is 1.57. The summed E-state index contributed by atoms with van der Waals surface area (Å²) < 4.78 is 9.69. The summed E-state index contributed by atoms with van der Waals surface area (Å²) in [6, 6.07) is 0. The van der Waals surface area contributed by atoms with E-state index in [9.17, 15) is 9.59 Å². The minimum Gasteiger partial charge on any atom is -0.469 e. The van der Waals surface area contributed by atoms with Crippen LogP contribution in [0.25, 0.3) is 0 Å². The van der Waals surface area contributed by atoms with Gasteiger partial charge in [0, 0.05) is 20.0 Å². The largest absolute Gasteiger partial charge is 0.469 e. The standard InChI is InChI=1S/C11H20O4/c1-8(10(13)14-4)6-9(12)7-11(2,3)15-5/h8H,6-7H2,1-5H3. The smallest absolute Gasteiger partial charge is 0.308 e. The van der Waals surface area contributed by atoms with Gasteiger partial charge in [-0.3, -0.25) is 9.59 Å². The summed E-state index contributed by atoms with van der Waals surface area (Å²) in [4.78, 5) is 22.6.